The topological polar surface area (TPSA) is 62.6 Å². The van der Waals surface area contributed by atoms with E-state index in [0.29, 0.717) is 23.7 Å². The third-order valence-electron chi connectivity index (χ3n) is 6.14. The van der Waals surface area contributed by atoms with Crippen LogP contribution in [0, 0.1) is 0 Å². The highest BCUT2D eigenvalue weighted by Gasteiger charge is 2.54. The Morgan fingerprint density at radius 2 is 2.00 bits per heavy atom. The van der Waals surface area contributed by atoms with Crippen molar-refractivity contribution in [2.75, 3.05) is 6.61 Å². The number of fused-ring (bicyclic) bond motifs is 3. The highest BCUT2D eigenvalue weighted by molar-refractivity contribution is 5.98. The summed E-state index contributed by atoms with van der Waals surface area (Å²) in [5, 5.41) is 5.74. The normalized spacial score (nSPS) is 25.2. The van der Waals surface area contributed by atoms with Crippen molar-refractivity contribution >= 4 is 16.9 Å². The van der Waals surface area contributed by atoms with Crippen molar-refractivity contribution in [2.45, 2.75) is 57.3 Å². The summed E-state index contributed by atoms with van der Waals surface area (Å²) in [4.78, 5) is 12.9. The lowest BCUT2D eigenvalue weighted by Gasteiger charge is -2.26. The fraction of sp³-hybridized carbons (Fsp3) is 0.417. The summed E-state index contributed by atoms with van der Waals surface area (Å²) < 4.78 is 19.6. The average Bonchev–Trinajstić information content (AvgIpc) is 3.38. The molecule has 5 rings (SSSR count). The van der Waals surface area contributed by atoms with Crippen LogP contribution in [0.15, 0.2) is 48.7 Å². The van der Waals surface area contributed by atoms with E-state index in [9.17, 15) is 4.79 Å². The first-order chi connectivity index (χ1) is 14.4. The second-order valence-corrected chi connectivity index (χ2v) is 8.99. The fourth-order valence-corrected chi connectivity index (χ4v) is 4.64. The molecule has 1 aromatic heterocycles. The second-order valence-electron chi connectivity index (χ2n) is 8.99. The Morgan fingerprint density at radius 1 is 1.20 bits per heavy atom. The molecule has 0 amide bonds. The van der Waals surface area contributed by atoms with Crippen molar-refractivity contribution in [1.29, 1.82) is 0 Å². The van der Waals surface area contributed by atoms with E-state index in [4.69, 9.17) is 19.3 Å². The lowest BCUT2D eigenvalue weighted by atomic mass is 9.99. The minimum atomic E-state index is -0.442. The highest BCUT2D eigenvalue weighted by atomic mass is 16.5. The maximum atomic E-state index is 12.9. The summed E-state index contributed by atoms with van der Waals surface area (Å²) in [6, 6.07) is 12.7. The monoisotopic (exact) mass is 406 g/mol. The Kier molecular flexibility index (Phi) is 4.36. The zero-order chi connectivity index (χ0) is 20.9. The van der Waals surface area contributed by atoms with Crippen LogP contribution in [0.4, 0.5) is 0 Å². The van der Waals surface area contributed by atoms with Crippen LogP contribution >= 0.6 is 0 Å². The molecular weight excluding hydrogens is 380 g/mol. The molecule has 0 radical (unpaired) electrons. The minimum Gasteiger partial charge on any atom is -0.490 e. The van der Waals surface area contributed by atoms with Gasteiger partial charge in [0.25, 0.3) is 0 Å². The van der Waals surface area contributed by atoms with Crippen LogP contribution < -0.4 is 9.47 Å². The molecule has 6 nitrogen and oxygen atoms in total. The predicted molar refractivity (Wildman–Crippen MR) is 113 cm³/mol. The first-order valence-corrected chi connectivity index (χ1v) is 10.5. The van der Waals surface area contributed by atoms with Crippen molar-refractivity contribution in [3.05, 3.63) is 54.2 Å². The van der Waals surface area contributed by atoms with Gasteiger partial charge in [-0.2, -0.15) is 5.10 Å². The van der Waals surface area contributed by atoms with Gasteiger partial charge in [-0.1, -0.05) is 18.2 Å². The quantitative estimate of drug-likeness (QED) is 0.454. The minimum absolute atomic E-state index is 0.0469. The van der Waals surface area contributed by atoms with Crippen LogP contribution in [0.5, 0.6) is 11.5 Å². The number of benzene rings is 2. The van der Waals surface area contributed by atoms with Gasteiger partial charge in [0.1, 0.15) is 17.1 Å². The number of para-hydroxylation sites is 1. The Hall–Kier alpha value is -2.86. The van der Waals surface area contributed by atoms with Crippen LogP contribution in [-0.4, -0.2) is 34.1 Å². The number of hydrogen-bond donors (Lipinski definition) is 0. The molecule has 3 aromatic rings. The molecule has 2 bridgehead atoms. The number of carbonyl (C=O) groups is 1. The highest BCUT2D eigenvalue weighted by Crippen LogP contribution is 2.51. The molecule has 1 aliphatic heterocycles. The summed E-state index contributed by atoms with van der Waals surface area (Å²) in [5.41, 5.74) is 1.06. The van der Waals surface area contributed by atoms with E-state index in [1.54, 1.807) is 12.1 Å². The van der Waals surface area contributed by atoms with E-state index < -0.39 is 5.97 Å². The molecule has 2 heterocycles. The average molecular weight is 406 g/mol. The zero-order valence-electron chi connectivity index (χ0n) is 17.6. The third kappa shape index (κ3) is 3.25. The predicted octanol–water partition coefficient (Wildman–Crippen LogP) is 4.71. The largest absolute Gasteiger partial charge is 0.490 e. The van der Waals surface area contributed by atoms with E-state index in [1.165, 1.54) is 0 Å². The second kappa shape index (κ2) is 6.84. The van der Waals surface area contributed by atoms with Crippen molar-refractivity contribution in [1.82, 2.24) is 9.78 Å². The molecular formula is C24H26N2O4. The van der Waals surface area contributed by atoms with Gasteiger partial charge < -0.3 is 14.2 Å². The number of ether oxygens (including phenoxy) is 3. The molecule has 30 heavy (non-hydrogen) atoms. The summed E-state index contributed by atoms with van der Waals surface area (Å²) in [5.74, 6) is 0.545. The zero-order valence-corrected chi connectivity index (χ0v) is 17.6. The third-order valence-corrected chi connectivity index (χ3v) is 6.14. The lowest BCUT2D eigenvalue weighted by molar-refractivity contribution is -0.0149. The molecule has 2 aliphatic rings. The van der Waals surface area contributed by atoms with Gasteiger partial charge in [-0.05, 0) is 51.8 Å². The van der Waals surface area contributed by atoms with E-state index in [2.05, 4.69) is 6.92 Å². The molecule has 2 unspecified atom stereocenters. The van der Waals surface area contributed by atoms with Crippen LogP contribution in [0.3, 0.4) is 0 Å². The number of rotatable bonds is 5. The molecule has 2 fully saturated rings. The SMILES string of the molecule is CC(C)Oc1cc2nn(C34CCC(C)(C3)OC4)cc2cc1C(=O)Oc1ccccc1. The Balaban J connectivity index is 1.53. The summed E-state index contributed by atoms with van der Waals surface area (Å²) in [6.45, 7) is 6.72. The van der Waals surface area contributed by atoms with Gasteiger partial charge in [0, 0.05) is 24.1 Å². The Bertz CT molecular complexity index is 1100. The molecule has 0 spiro atoms. The number of esters is 1. The Morgan fingerprint density at radius 3 is 2.63 bits per heavy atom. The maximum absolute atomic E-state index is 12.9. The molecule has 1 saturated heterocycles. The molecule has 2 atom stereocenters. The van der Waals surface area contributed by atoms with Crippen LogP contribution in [0.1, 0.15) is 50.4 Å². The molecule has 0 N–H and O–H groups in total. The molecule has 156 valence electrons. The number of aromatic nitrogens is 2. The standard InChI is InChI=1S/C24H26N2O4/c1-16(2)29-21-12-20-17(11-19(21)22(27)30-18-7-5-4-6-8-18)13-26(25-20)24-10-9-23(3,14-24)28-15-24/h4-8,11-13,16H,9-10,14-15H2,1-3H3. The molecule has 6 heteroatoms. The van der Waals surface area contributed by atoms with Gasteiger partial charge in [-0.25, -0.2) is 4.79 Å². The van der Waals surface area contributed by atoms with E-state index >= 15 is 0 Å². The van der Waals surface area contributed by atoms with Gasteiger partial charge in [0.05, 0.1) is 29.4 Å². The number of carbonyl (C=O) groups excluding carboxylic acids is 1. The van der Waals surface area contributed by atoms with Crippen molar-refractivity contribution in [3.63, 3.8) is 0 Å². The van der Waals surface area contributed by atoms with Crippen molar-refractivity contribution in [3.8, 4) is 11.5 Å². The number of hydrogen-bond acceptors (Lipinski definition) is 5. The lowest BCUT2D eigenvalue weighted by Crippen LogP contribution is -2.33. The van der Waals surface area contributed by atoms with Crippen LogP contribution in [0.25, 0.3) is 10.9 Å². The van der Waals surface area contributed by atoms with Crippen molar-refractivity contribution < 1.29 is 19.0 Å². The first-order valence-electron chi connectivity index (χ1n) is 10.5. The fourth-order valence-electron chi connectivity index (χ4n) is 4.64. The Labute approximate surface area is 175 Å². The van der Waals surface area contributed by atoms with Crippen LogP contribution in [-0.2, 0) is 10.3 Å². The van der Waals surface area contributed by atoms with E-state index in [1.807, 2.05) is 55.1 Å². The summed E-state index contributed by atoms with van der Waals surface area (Å²) >= 11 is 0. The molecule has 2 aromatic carbocycles. The first kappa shape index (κ1) is 19.1. The molecule has 1 aliphatic carbocycles. The summed E-state index contributed by atoms with van der Waals surface area (Å²) in [7, 11) is 0. The van der Waals surface area contributed by atoms with E-state index in [-0.39, 0.29) is 17.2 Å². The molecule has 1 saturated carbocycles. The van der Waals surface area contributed by atoms with Gasteiger partial charge in [-0.3, -0.25) is 4.68 Å². The van der Waals surface area contributed by atoms with Gasteiger partial charge in [0.2, 0.25) is 0 Å². The van der Waals surface area contributed by atoms with Gasteiger partial charge in [0.15, 0.2) is 0 Å². The summed E-state index contributed by atoms with van der Waals surface area (Å²) in [6.07, 6.45) is 5.00. The van der Waals surface area contributed by atoms with Gasteiger partial charge in [-0.15, -0.1) is 0 Å². The van der Waals surface area contributed by atoms with E-state index in [0.717, 1.165) is 30.2 Å². The smallest absolute Gasteiger partial charge is 0.347 e. The van der Waals surface area contributed by atoms with Crippen molar-refractivity contribution in [2.24, 2.45) is 0 Å². The number of nitrogens with zero attached hydrogens (tertiary/aromatic N) is 2. The maximum Gasteiger partial charge on any atom is 0.347 e. The van der Waals surface area contributed by atoms with Gasteiger partial charge >= 0.3 is 5.97 Å². The van der Waals surface area contributed by atoms with Crippen LogP contribution in [0.2, 0.25) is 0 Å².